The van der Waals surface area contributed by atoms with E-state index in [1.807, 2.05) is 24.3 Å². The Morgan fingerprint density at radius 1 is 1.09 bits per heavy atom. The number of rotatable bonds is 7. The number of furan rings is 1. The smallest absolute Gasteiger partial charge is 0.270 e. The number of para-hydroxylation sites is 1. The summed E-state index contributed by atoms with van der Waals surface area (Å²) < 4.78 is 19.4. The van der Waals surface area contributed by atoms with Gasteiger partial charge in [0.05, 0.1) is 18.5 Å². The SMILES string of the molecule is O=C(CCC1C(=O)N=C2c3ccccc3N=C(SCc3ccccc3F)N21)NCc1ccco1. The topological polar surface area (TPSA) is 87.3 Å². The lowest BCUT2D eigenvalue weighted by Crippen LogP contribution is -2.44. The van der Waals surface area contributed by atoms with Gasteiger partial charge >= 0.3 is 0 Å². The van der Waals surface area contributed by atoms with Gasteiger partial charge in [-0.05, 0) is 42.3 Å². The minimum Gasteiger partial charge on any atom is -0.467 e. The van der Waals surface area contributed by atoms with Crippen LogP contribution < -0.4 is 5.32 Å². The molecule has 3 aromatic rings. The van der Waals surface area contributed by atoms with Crippen LogP contribution in [0.5, 0.6) is 0 Å². The molecule has 9 heteroatoms. The Morgan fingerprint density at radius 3 is 2.74 bits per heavy atom. The highest BCUT2D eigenvalue weighted by molar-refractivity contribution is 8.13. The van der Waals surface area contributed by atoms with E-state index in [2.05, 4.69) is 10.3 Å². The van der Waals surface area contributed by atoms with Gasteiger partial charge < -0.3 is 9.73 Å². The summed E-state index contributed by atoms with van der Waals surface area (Å²) in [5.41, 5.74) is 2.01. The number of hydrogen-bond acceptors (Lipinski definition) is 6. The van der Waals surface area contributed by atoms with Crippen LogP contribution in [0.25, 0.3) is 0 Å². The number of benzene rings is 2. The molecule has 0 saturated heterocycles. The summed E-state index contributed by atoms with van der Waals surface area (Å²) in [6.07, 6.45) is 1.96. The third kappa shape index (κ3) is 4.51. The molecule has 2 aliphatic rings. The minimum absolute atomic E-state index is 0.142. The number of carbonyl (C=O) groups excluding carboxylic acids is 2. The van der Waals surface area contributed by atoms with Crippen molar-refractivity contribution in [2.24, 2.45) is 9.98 Å². The Morgan fingerprint density at radius 2 is 1.91 bits per heavy atom. The minimum atomic E-state index is -0.649. The number of aliphatic imine (C=N–C) groups is 2. The van der Waals surface area contributed by atoms with Gasteiger partial charge in [-0.1, -0.05) is 42.1 Å². The zero-order valence-corrected chi connectivity index (χ0v) is 18.9. The maximum Gasteiger partial charge on any atom is 0.270 e. The van der Waals surface area contributed by atoms with E-state index in [0.29, 0.717) is 33.8 Å². The van der Waals surface area contributed by atoms with Crippen LogP contribution in [0, 0.1) is 5.82 Å². The summed E-state index contributed by atoms with van der Waals surface area (Å²) >= 11 is 1.34. The molecule has 2 amide bonds. The van der Waals surface area contributed by atoms with E-state index in [1.165, 1.54) is 17.8 Å². The quantitative estimate of drug-likeness (QED) is 0.546. The van der Waals surface area contributed by atoms with Crippen molar-refractivity contribution in [1.82, 2.24) is 10.2 Å². The molecule has 0 saturated carbocycles. The average molecular weight is 477 g/mol. The number of amidine groups is 2. The number of amides is 2. The number of hydrogen-bond donors (Lipinski definition) is 1. The number of carbonyl (C=O) groups is 2. The molecular weight excluding hydrogens is 455 g/mol. The molecule has 0 spiro atoms. The number of thioether (sulfide) groups is 1. The van der Waals surface area contributed by atoms with Crippen LogP contribution in [0.4, 0.5) is 10.1 Å². The summed E-state index contributed by atoms with van der Waals surface area (Å²) in [7, 11) is 0. The van der Waals surface area contributed by atoms with Crippen molar-refractivity contribution in [2.75, 3.05) is 0 Å². The summed E-state index contributed by atoms with van der Waals surface area (Å²) in [6.45, 7) is 0.286. The average Bonchev–Trinajstić information content (AvgIpc) is 3.48. The molecular formula is C25H21FN4O3S. The summed E-state index contributed by atoms with van der Waals surface area (Å²) in [5, 5.41) is 3.36. The van der Waals surface area contributed by atoms with Crippen molar-refractivity contribution in [3.63, 3.8) is 0 Å². The largest absolute Gasteiger partial charge is 0.467 e. The predicted octanol–water partition coefficient (Wildman–Crippen LogP) is 4.41. The van der Waals surface area contributed by atoms with Gasteiger partial charge in [-0.25, -0.2) is 9.38 Å². The molecule has 1 atom stereocenters. The van der Waals surface area contributed by atoms with Gasteiger partial charge in [-0.3, -0.25) is 14.5 Å². The lowest BCUT2D eigenvalue weighted by Gasteiger charge is -2.31. The van der Waals surface area contributed by atoms with E-state index >= 15 is 0 Å². The molecule has 7 nitrogen and oxygen atoms in total. The summed E-state index contributed by atoms with van der Waals surface area (Å²) in [5.74, 6) is 0.734. The fourth-order valence-electron chi connectivity index (χ4n) is 3.89. The predicted molar refractivity (Wildman–Crippen MR) is 128 cm³/mol. The zero-order valence-electron chi connectivity index (χ0n) is 18.1. The van der Waals surface area contributed by atoms with Crippen molar-refractivity contribution in [1.29, 1.82) is 0 Å². The highest BCUT2D eigenvalue weighted by Gasteiger charge is 2.41. The zero-order chi connectivity index (χ0) is 23.5. The standard InChI is InChI=1S/C25H21FN4O3S/c26-19-9-3-1-6-16(19)15-34-25-28-20-10-4-2-8-18(20)23-29-24(32)21(30(23)25)11-12-22(31)27-14-17-7-5-13-33-17/h1-10,13,21H,11-12,14-15H2,(H,27,31). The normalized spacial score (nSPS) is 16.6. The van der Waals surface area contributed by atoms with Crippen molar-refractivity contribution < 1.29 is 18.4 Å². The van der Waals surface area contributed by atoms with Crippen LogP contribution in [0.3, 0.4) is 0 Å². The lowest BCUT2D eigenvalue weighted by molar-refractivity contribution is -0.122. The Balaban J connectivity index is 1.33. The van der Waals surface area contributed by atoms with Crippen molar-refractivity contribution in [3.05, 3.63) is 89.6 Å². The van der Waals surface area contributed by atoms with Crippen molar-refractivity contribution in [3.8, 4) is 0 Å². The highest BCUT2D eigenvalue weighted by atomic mass is 32.2. The third-order valence-corrected chi connectivity index (χ3v) is 6.61. The molecule has 0 radical (unpaired) electrons. The van der Waals surface area contributed by atoms with E-state index in [9.17, 15) is 14.0 Å². The van der Waals surface area contributed by atoms with Gasteiger partial charge in [0.1, 0.15) is 23.5 Å². The number of nitrogens with one attached hydrogen (secondary N) is 1. The molecule has 0 bridgehead atoms. The molecule has 2 aromatic carbocycles. The van der Waals surface area contributed by atoms with Crippen molar-refractivity contribution >= 4 is 40.3 Å². The maximum atomic E-state index is 14.2. The molecule has 0 fully saturated rings. The van der Waals surface area contributed by atoms with Crippen LogP contribution in [0.1, 0.15) is 29.7 Å². The Hall–Kier alpha value is -3.72. The first kappa shape index (κ1) is 22.1. The molecule has 5 rings (SSSR count). The maximum absolute atomic E-state index is 14.2. The molecule has 34 heavy (non-hydrogen) atoms. The number of fused-ring (bicyclic) bond motifs is 3. The Bertz CT molecular complexity index is 1290. The first-order valence-electron chi connectivity index (χ1n) is 10.9. The Kier molecular flexibility index (Phi) is 6.27. The van der Waals surface area contributed by atoms with E-state index in [1.54, 1.807) is 41.5 Å². The summed E-state index contributed by atoms with van der Waals surface area (Å²) in [4.78, 5) is 36.1. The molecule has 0 aliphatic carbocycles. The van der Waals surface area contributed by atoms with Crippen LogP contribution in [-0.4, -0.2) is 33.8 Å². The van der Waals surface area contributed by atoms with E-state index in [-0.39, 0.29) is 37.0 Å². The second-order valence-electron chi connectivity index (χ2n) is 7.85. The van der Waals surface area contributed by atoms with Crippen LogP contribution in [0.15, 0.2) is 81.3 Å². The van der Waals surface area contributed by atoms with Crippen molar-refractivity contribution in [2.45, 2.75) is 31.2 Å². The molecule has 172 valence electrons. The molecule has 3 heterocycles. The van der Waals surface area contributed by atoms with Crippen LogP contribution in [-0.2, 0) is 21.9 Å². The van der Waals surface area contributed by atoms with Crippen LogP contribution in [0.2, 0.25) is 0 Å². The molecule has 2 aliphatic heterocycles. The second kappa shape index (κ2) is 9.64. The Labute approximate surface area is 199 Å². The van der Waals surface area contributed by atoms with Gasteiger partial charge in [0, 0.05) is 17.7 Å². The first-order chi connectivity index (χ1) is 16.6. The molecule has 1 N–H and O–H groups in total. The van der Waals surface area contributed by atoms with E-state index < -0.39 is 6.04 Å². The van der Waals surface area contributed by atoms with Gasteiger partial charge in [0.15, 0.2) is 5.17 Å². The number of nitrogens with zero attached hydrogens (tertiary/aromatic N) is 3. The molecule has 1 aromatic heterocycles. The van der Waals surface area contributed by atoms with Gasteiger partial charge in [0.2, 0.25) is 5.91 Å². The molecule has 1 unspecified atom stereocenters. The summed E-state index contributed by atoms with van der Waals surface area (Å²) in [6, 6.07) is 16.9. The highest BCUT2D eigenvalue weighted by Crippen LogP contribution is 2.36. The van der Waals surface area contributed by atoms with Crippen LogP contribution >= 0.6 is 11.8 Å². The van der Waals surface area contributed by atoms with Gasteiger partial charge in [-0.15, -0.1) is 0 Å². The lowest BCUT2D eigenvalue weighted by atomic mass is 10.1. The first-order valence-corrected chi connectivity index (χ1v) is 11.8. The van der Waals surface area contributed by atoms with E-state index in [4.69, 9.17) is 9.41 Å². The van der Waals surface area contributed by atoms with Gasteiger partial charge in [0.25, 0.3) is 5.91 Å². The number of halogens is 1. The third-order valence-electron chi connectivity index (χ3n) is 5.61. The van der Waals surface area contributed by atoms with E-state index in [0.717, 1.165) is 5.56 Å². The second-order valence-corrected chi connectivity index (χ2v) is 8.79. The monoisotopic (exact) mass is 476 g/mol. The fourth-order valence-corrected chi connectivity index (χ4v) is 4.92. The fraction of sp³-hybridized carbons (Fsp3) is 0.200. The van der Waals surface area contributed by atoms with Gasteiger partial charge in [-0.2, -0.15) is 4.99 Å².